The predicted octanol–water partition coefficient (Wildman–Crippen LogP) is 4.06. The van der Waals surface area contributed by atoms with Crippen LogP contribution in [0.4, 0.5) is 0 Å². The second kappa shape index (κ2) is 11.0. The van der Waals surface area contributed by atoms with Crippen LogP contribution >= 0.6 is 36.2 Å². The van der Waals surface area contributed by atoms with Gasteiger partial charge in [-0.05, 0) is 51.3 Å². The van der Waals surface area contributed by atoms with Gasteiger partial charge in [-0.15, -0.1) is 36.2 Å². The van der Waals surface area contributed by atoms with Crippen molar-refractivity contribution >= 4 is 52.3 Å². The molecule has 2 heterocycles. The highest BCUT2D eigenvalue weighted by molar-refractivity contribution is 7.18. The first-order chi connectivity index (χ1) is 11.3. The Balaban J connectivity index is 0.00000156. The minimum atomic E-state index is 0. The molecule has 0 spiro atoms. The molecule has 140 valence electrons. The van der Waals surface area contributed by atoms with E-state index in [0.717, 1.165) is 44.3 Å². The molecule has 4 nitrogen and oxygen atoms in total. The van der Waals surface area contributed by atoms with Crippen molar-refractivity contribution in [3.05, 3.63) is 29.3 Å². The molecular formula is C18H27Cl2N3OS. The molecule has 7 heteroatoms. The molecule has 2 aromatic rings. The molecule has 0 radical (unpaired) electrons. The minimum Gasteiger partial charge on any atom is -0.341 e. The molecule has 1 aromatic carbocycles. The van der Waals surface area contributed by atoms with Gasteiger partial charge in [-0.25, -0.2) is 4.98 Å². The zero-order chi connectivity index (χ0) is 16.1. The van der Waals surface area contributed by atoms with Gasteiger partial charge >= 0.3 is 0 Å². The number of hydrogen-bond donors (Lipinski definition) is 1. The maximum Gasteiger partial charge on any atom is 0.222 e. The molecule has 1 aliphatic heterocycles. The van der Waals surface area contributed by atoms with Gasteiger partial charge in [-0.3, -0.25) is 4.79 Å². The maximum absolute atomic E-state index is 12.3. The Kier molecular flexibility index (Phi) is 9.72. The van der Waals surface area contributed by atoms with E-state index in [4.69, 9.17) is 0 Å². The Morgan fingerprint density at radius 3 is 2.88 bits per heavy atom. The van der Waals surface area contributed by atoms with Gasteiger partial charge in [0.05, 0.1) is 15.2 Å². The van der Waals surface area contributed by atoms with E-state index in [1.807, 2.05) is 18.0 Å². The van der Waals surface area contributed by atoms with E-state index in [9.17, 15) is 4.79 Å². The summed E-state index contributed by atoms with van der Waals surface area (Å²) in [4.78, 5) is 19.0. The number of aromatic nitrogens is 1. The molecule has 25 heavy (non-hydrogen) atoms. The summed E-state index contributed by atoms with van der Waals surface area (Å²) in [6, 6.07) is 8.74. The monoisotopic (exact) mass is 403 g/mol. The number of thiazole rings is 1. The third-order valence-electron chi connectivity index (χ3n) is 4.55. The van der Waals surface area contributed by atoms with Crippen LogP contribution < -0.4 is 5.32 Å². The Morgan fingerprint density at radius 1 is 1.32 bits per heavy atom. The molecule has 1 saturated heterocycles. The van der Waals surface area contributed by atoms with Crippen LogP contribution in [0.5, 0.6) is 0 Å². The Hall–Kier alpha value is -0.880. The summed E-state index contributed by atoms with van der Waals surface area (Å²) in [6.45, 7) is 1.79. The fourth-order valence-electron chi connectivity index (χ4n) is 3.18. The lowest BCUT2D eigenvalue weighted by Crippen LogP contribution is -2.46. The number of hydrogen-bond acceptors (Lipinski definition) is 4. The van der Waals surface area contributed by atoms with Gasteiger partial charge in [0, 0.05) is 25.6 Å². The average molecular weight is 404 g/mol. The standard InChI is InChI=1S/C18H25N3OS.2ClH/c1-19-14-7-6-12-21(13-14)18(22)11-5-4-10-17-20-15-8-2-3-9-16(15)23-17;;/h2-3,8-9,14,19H,4-7,10-13H2,1H3;2*1H. The first-order valence-electron chi connectivity index (χ1n) is 8.56. The van der Waals surface area contributed by atoms with Crippen molar-refractivity contribution in [2.45, 2.75) is 44.6 Å². The molecule has 0 aliphatic carbocycles. The number of likely N-dealkylation sites (tertiary alicyclic amines) is 1. The van der Waals surface area contributed by atoms with E-state index < -0.39 is 0 Å². The summed E-state index contributed by atoms with van der Waals surface area (Å²) < 4.78 is 1.25. The van der Waals surface area contributed by atoms with Crippen molar-refractivity contribution in [3.63, 3.8) is 0 Å². The number of aryl methyl sites for hydroxylation is 1. The average Bonchev–Trinajstić information content (AvgIpc) is 3.01. The van der Waals surface area contributed by atoms with E-state index in [1.54, 1.807) is 11.3 Å². The largest absolute Gasteiger partial charge is 0.341 e. The number of piperidine rings is 1. The van der Waals surface area contributed by atoms with Crippen molar-refractivity contribution in [2.75, 3.05) is 20.1 Å². The van der Waals surface area contributed by atoms with Gasteiger partial charge in [0.25, 0.3) is 0 Å². The summed E-state index contributed by atoms with van der Waals surface area (Å²) in [5.74, 6) is 0.314. The third kappa shape index (κ3) is 6.10. The van der Waals surface area contributed by atoms with E-state index >= 15 is 0 Å². The van der Waals surface area contributed by atoms with Gasteiger partial charge in [-0.1, -0.05) is 12.1 Å². The molecule has 0 bridgehead atoms. The number of nitrogens with one attached hydrogen (secondary N) is 1. The normalized spacial score (nSPS) is 17.0. The van der Waals surface area contributed by atoms with Gasteiger partial charge < -0.3 is 10.2 Å². The molecule has 1 atom stereocenters. The van der Waals surface area contributed by atoms with Crippen LogP contribution in [0.15, 0.2) is 24.3 Å². The number of fused-ring (bicyclic) bond motifs is 1. The zero-order valence-electron chi connectivity index (χ0n) is 14.6. The third-order valence-corrected chi connectivity index (χ3v) is 5.65. The van der Waals surface area contributed by atoms with Crippen molar-refractivity contribution in [1.82, 2.24) is 15.2 Å². The van der Waals surface area contributed by atoms with E-state index in [-0.39, 0.29) is 24.8 Å². The van der Waals surface area contributed by atoms with E-state index in [1.165, 1.54) is 16.1 Å². The molecule has 1 unspecified atom stereocenters. The lowest BCUT2D eigenvalue weighted by atomic mass is 10.0. The topological polar surface area (TPSA) is 45.2 Å². The minimum absolute atomic E-state index is 0. The first kappa shape index (κ1) is 22.2. The number of carbonyl (C=O) groups is 1. The van der Waals surface area contributed by atoms with Crippen molar-refractivity contribution < 1.29 is 4.79 Å². The molecule has 1 amide bonds. The smallest absolute Gasteiger partial charge is 0.222 e. The summed E-state index contributed by atoms with van der Waals surface area (Å²) >= 11 is 1.77. The highest BCUT2D eigenvalue weighted by Gasteiger charge is 2.21. The summed E-state index contributed by atoms with van der Waals surface area (Å²) in [7, 11) is 1.98. The van der Waals surface area contributed by atoms with E-state index in [0.29, 0.717) is 18.4 Å². The lowest BCUT2D eigenvalue weighted by molar-refractivity contribution is -0.132. The number of likely N-dealkylation sites (N-methyl/N-ethyl adjacent to an activating group) is 1. The Bertz CT molecular complexity index is 632. The molecule has 1 aromatic heterocycles. The van der Waals surface area contributed by atoms with Crippen molar-refractivity contribution in [1.29, 1.82) is 0 Å². The van der Waals surface area contributed by atoms with Crippen LogP contribution in [0, 0.1) is 0 Å². The number of halogens is 2. The van der Waals surface area contributed by atoms with Gasteiger partial charge in [0.1, 0.15) is 0 Å². The predicted molar refractivity (Wildman–Crippen MR) is 110 cm³/mol. The SMILES string of the molecule is CNC1CCCN(C(=O)CCCCc2nc3ccccc3s2)C1.Cl.Cl. The van der Waals surface area contributed by atoms with Crippen molar-refractivity contribution in [3.8, 4) is 0 Å². The number of amides is 1. The lowest BCUT2D eigenvalue weighted by Gasteiger charge is -2.32. The fourth-order valence-corrected chi connectivity index (χ4v) is 4.19. The molecule has 3 rings (SSSR count). The first-order valence-corrected chi connectivity index (χ1v) is 9.37. The zero-order valence-corrected chi connectivity index (χ0v) is 17.0. The molecule has 1 aliphatic rings. The number of rotatable bonds is 6. The van der Waals surface area contributed by atoms with Crippen LogP contribution in [-0.2, 0) is 11.2 Å². The van der Waals surface area contributed by atoms with Gasteiger partial charge in [0.2, 0.25) is 5.91 Å². The van der Waals surface area contributed by atoms with Gasteiger partial charge in [0.15, 0.2) is 0 Å². The number of nitrogens with zero attached hydrogens (tertiary/aromatic N) is 2. The number of para-hydroxylation sites is 1. The van der Waals surface area contributed by atoms with Gasteiger partial charge in [-0.2, -0.15) is 0 Å². The second-order valence-electron chi connectivity index (χ2n) is 6.25. The number of carbonyl (C=O) groups excluding carboxylic acids is 1. The fraction of sp³-hybridized carbons (Fsp3) is 0.556. The highest BCUT2D eigenvalue weighted by Crippen LogP contribution is 2.23. The number of unbranched alkanes of at least 4 members (excludes halogenated alkanes) is 1. The highest BCUT2D eigenvalue weighted by atomic mass is 35.5. The van der Waals surface area contributed by atoms with Crippen LogP contribution in [0.3, 0.4) is 0 Å². The molecule has 1 fully saturated rings. The summed E-state index contributed by atoms with van der Waals surface area (Å²) in [5.41, 5.74) is 1.09. The second-order valence-corrected chi connectivity index (χ2v) is 7.37. The van der Waals surface area contributed by atoms with Crippen molar-refractivity contribution in [2.24, 2.45) is 0 Å². The van der Waals surface area contributed by atoms with E-state index in [2.05, 4.69) is 28.5 Å². The quantitative estimate of drug-likeness (QED) is 0.739. The molecule has 0 saturated carbocycles. The summed E-state index contributed by atoms with van der Waals surface area (Å²) in [5, 5.41) is 4.48. The van der Waals surface area contributed by atoms with Crippen LogP contribution in [0.1, 0.15) is 37.1 Å². The molecule has 1 N–H and O–H groups in total. The number of benzene rings is 1. The summed E-state index contributed by atoms with van der Waals surface area (Å²) in [6.07, 6.45) is 5.93. The Labute approximate surface area is 166 Å². The maximum atomic E-state index is 12.3. The Morgan fingerprint density at radius 2 is 2.12 bits per heavy atom. The van der Waals surface area contributed by atoms with Crippen LogP contribution in [0.2, 0.25) is 0 Å². The van der Waals surface area contributed by atoms with Crippen LogP contribution in [-0.4, -0.2) is 42.0 Å². The van der Waals surface area contributed by atoms with Crippen LogP contribution in [0.25, 0.3) is 10.2 Å². The molecular weight excluding hydrogens is 377 g/mol.